The number of benzene rings is 1. The van der Waals surface area contributed by atoms with Crippen molar-refractivity contribution in [1.82, 2.24) is 4.90 Å². The van der Waals surface area contributed by atoms with Gasteiger partial charge in [0.25, 0.3) is 0 Å². The number of rotatable bonds is 1. The van der Waals surface area contributed by atoms with E-state index in [0.29, 0.717) is 23.3 Å². The van der Waals surface area contributed by atoms with Crippen LogP contribution in [0.25, 0.3) is 0 Å². The lowest BCUT2D eigenvalue weighted by Crippen LogP contribution is -2.33. The number of nitrogens with zero attached hydrogens (tertiary/aromatic N) is 1. The largest absolute Gasteiger partial charge is 0.449 e. The van der Waals surface area contributed by atoms with Crippen molar-refractivity contribution >= 4 is 11.7 Å². The van der Waals surface area contributed by atoms with Gasteiger partial charge in [-0.1, -0.05) is 12.2 Å². The van der Waals surface area contributed by atoms with E-state index in [-0.39, 0.29) is 6.03 Å². The number of fused-ring (bicyclic) bond motifs is 2. The number of allylic oxidation sites excluding steroid dienone is 2. The Morgan fingerprint density at radius 2 is 1.78 bits per heavy atom. The van der Waals surface area contributed by atoms with Crippen LogP contribution < -0.4 is 14.8 Å². The number of anilines is 1. The van der Waals surface area contributed by atoms with Gasteiger partial charge in [0.1, 0.15) is 0 Å². The molecule has 1 fully saturated rings. The van der Waals surface area contributed by atoms with E-state index in [1.807, 2.05) is 36.9 Å². The van der Waals surface area contributed by atoms with Gasteiger partial charge in [0.05, 0.1) is 0 Å². The van der Waals surface area contributed by atoms with Crippen molar-refractivity contribution in [2.24, 2.45) is 11.8 Å². The Labute approximate surface area is 136 Å². The van der Waals surface area contributed by atoms with E-state index < -0.39 is 5.79 Å². The van der Waals surface area contributed by atoms with E-state index in [2.05, 4.69) is 17.5 Å². The SMILES string of the molecule is CC1(C)Oc2ccc(NC(=O)N3CC4CC=CCC4C3)cc2O1. The maximum absolute atomic E-state index is 12.5. The van der Waals surface area contributed by atoms with Crippen molar-refractivity contribution in [1.29, 1.82) is 0 Å². The lowest BCUT2D eigenvalue weighted by Gasteiger charge is -2.17. The highest BCUT2D eigenvalue weighted by Gasteiger charge is 2.35. The molecular formula is C18H22N2O3. The zero-order chi connectivity index (χ0) is 16.0. The minimum absolute atomic E-state index is 0.0301. The van der Waals surface area contributed by atoms with Crippen LogP contribution in [0.1, 0.15) is 26.7 Å². The Kier molecular flexibility index (Phi) is 3.25. The summed E-state index contributed by atoms with van der Waals surface area (Å²) in [4.78, 5) is 14.4. The first-order valence-electron chi connectivity index (χ1n) is 8.23. The molecule has 2 amide bonds. The van der Waals surface area contributed by atoms with Crippen LogP contribution in [0.2, 0.25) is 0 Å². The molecule has 5 heteroatoms. The maximum atomic E-state index is 12.5. The molecular weight excluding hydrogens is 292 g/mol. The van der Waals surface area contributed by atoms with Crippen molar-refractivity contribution in [2.45, 2.75) is 32.5 Å². The molecule has 1 aliphatic carbocycles. The van der Waals surface area contributed by atoms with E-state index in [9.17, 15) is 4.79 Å². The van der Waals surface area contributed by atoms with E-state index >= 15 is 0 Å². The van der Waals surface area contributed by atoms with Gasteiger partial charge in [0, 0.05) is 38.7 Å². The second-order valence-electron chi connectivity index (χ2n) is 7.06. The summed E-state index contributed by atoms with van der Waals surface area (Å²) in [6.45, 7) is 5.42. The topological polar surface area (TPSA) is 50.8 Å². The molecule has 0 saturated carbocycles. The normalized spacial score (nSPS) is 27.0. The fourth-order valence-corrected chi connectivity index (χ4v) is 3.68. The van der Waals surface area contributed by atoms with Gasteiger partial charge in [-0.3, -0.25) is 0 Å². The highest BCUT2D eigenvalue weighted by molar-refractivity contribution is 5.90. The molecule has 0 bridgehead atoms. The Morgan fingerprint density at radius 3 is 2.48 bits per heavy atom. The molecule has 1 aromatic rings. The molecule has 1 saturated heterocycles. The van der Waals surface area contributed by atoms with Crippen molar-refractivity contribution in [2.75, 3.05) is 18.4 Å². The van der Waals surface area contributed by atoms with Crippen LogP contribution in [0.3, 0.4) is 0 Å². The summed E-state index contributed by atoms with van der Waals surface area (Å²) in [5.74, 6) is 1.97. The van der Waals surface area contributed by atoms with Crippen LogP contribution in [0.4, 0.5) is 10.5 Å². The van der Waals surface area contributed by atoms with Crippen LogP contribution in [-0.4, -0.2) is 29.8 Å². The number of amides is 2. The van der Waals surface area contributed by atoms with Gasteiger partial charge in [-0.05, 0) is 36.8 Å². The fourth-order valence-electron chi connectivity index (χ4n) is 3.68. The number of urea groups is 1. The third-order valence-corrected chi connectivity index (χ3v) is 4.81. The van der Waals surface area contributed by atoms with Gasteiger partial charge < -0.3 is 19.7 Å². The van der Waals surface area contributed by atoms with Gasteiger partial charge in [0.15, 0.2) is 11.5 Å². The lowest BCUT2D eigenvalue weighted by molar-refractivity contribution is -0.0431. The highest BCUT2D eigenvalue weighted by Crippen LogP contribution is 2.41. The average molecular weight is 314 g/mol. The molecule has 2 atom stereocenters. The Bertz CT molecular complexity index is 652. The maximum Gasteiger partial charge on any atom is 0.321 e. The van der Waals surface area contributed by atoms with Crippen molar-refractivity contribution in [3.63, 3.8) is 0 Å². The van der Waals surface area contributed by atoms with Crippen LogP contribution in [0.15, 0.2) is 30.4 Å². The third-order valence-electron chi connectivity index (χ3n) is 4.81. The van der Waals surface area contributed by atoms with Gasteiger partial charge >= 0.3 is 6.03 Å². The van der Waals surface area contributed by atoms with Crippen LogP contribution in [0.5, 0.6) is 11.5 Å². The summed E-state index contributed by atoms with van der Waals surface area (Å²) < 4.78 is 11.4. The van der Waals surface area contributed by atoms with Gasteiger partial charge in [-0.15, -0.1) is 0 Å². The monoisotopic (exact) mass is 314 g/mol. The number of carbonyl (C=O) groups is 1. The summed E-state index contributed by atoms with van der Waals surface area (Å²) >= 11 is 0. The fraction of sp³-hybridized carbons (Fsp3) is 0.500. The van der Waals surface area contributed by atoms with E-state index in [4.69, 9.17) is 9.47 Å². The van der Waals surface area contributed by atoms with Crippen LogP contribution in [-0.2, 0) is 0 Å². The predicted molar refractivity (Wildman–Crippen MR) is 87.7 cm³/mol. The quantitative estimate of drug-likeness (QED) is 0.805. The van der Waals surface area contributed by atoms with Crippen molar-refractivity contribution < 1.29 is 14.3 Å². The molecule has 23 heavy (non-hydrogen) atoms. The first kappa shape index (κ1) is 14.4. The molecule has 5 nitrogen and oxygen atoms in total. The summed E-state index contributed by atoms with van der Waals surface area (Å²) in [5, 5.41) is 2.98. The van der Waals surface area contributed by atoms with E-state index in [0.717, 1.165) is 31.6 Å². The minimum atomic E-state index is -0.650. The number of nitrogens with one attached hydrogen (secondary N) is 1. The molecule has 3 aliphatic rings. The summed E-state index contributed by atoms with van der Waals surface area (Å²) in [7, 11) is 0. The van der Waals surface area contributed by atoms with E-state index in [1.54, 1.807) is 0 Å². The number of likely N-dealkylation sites (tertiary alicyclic amines) is 1. The van der Waals surface area contributed by atoms with Crippen molar-refractivity contribution in [3.05, 3.63) is 30.4 Å². The van der Waals surface area contributed by atoms with E-state index in [1.165, 1.54) is 0 Å². The Morgan fingerprint density at radius 1 is 1.13 bits per heavy atom. The third kappa shape index (κ3) is 2.76. The second kappa shape index (κ2) is 5.18. The molecule has 0 spiro atoms. The number of hydrogen-bond donors (Lipinski definition) is 1. The first-order chi connectivity index (χ1) is 11.0. The average Bonchev–Trinajstić information content (AvgIpc) is 3.05. The lowest BCUT2D eigenvalue weighted by atomic mass is 9.86. The number of hydrogen-bond acceptors (Lipinski definition) is 3. The Balaban J connectivity index is 1.42. The summed E-state index contributed by atoms with van der Waals surface area (Å²) in [6, 6.07) is 5.49. The molecule has 0 radical (unpaired) electrons. The van der Waals surface area contributed by atoms with Crippen LogP contribution >= 0.6 is 0 Å². The predicted octanol–water partition coefficient (Wildman–Crippen LogP) is 3.62. The zero-order valence-corrected chi connectivity index (χ0v) is 13.5. The van der Waals surface area contributed by atoms with Gasteiger partial charge in [-0.25, -0.2) is 4.79 Å². The van der Waals surface area contributed by atoms with Gasteiger partial charge in [-0.2, -0.15) is 0 Å². The smallest absolute Gasteiger partial charge is 0.321 e. The highest BCUT2D eigenvalue weighted by atomic mass is 16.7. The zero-order valence-electron chi connectivity index (χ0n) is 13.5. The van der Waals surface area contributed by atoms with Crippen LogP contribution in [0, 0.1) is 11.8 Å². The molecule has 2 aliphatic heterocycles. The molecule has 1 N–H and O–H groups in total. The molecule has 4 rings (SSSR count). The Hall–Kier alpha value is -2.17. The summed E-state index contributed by atoms with van der Waals surface area (Å²) in [5.41, 5.74) is 0.739. The first-order valence-corrected chi connectivity index (χ1v) is 8.23. The van der Waals surface area contributed by atoms with Crippen molar-refractivity contribution in [3.8, 4) is 11.5 Å². The molecule has 2 heterocycles. The second-order valence-corrected chi connectivity index (χ2v) is 7.06. The standard InChI is InChI=1S/C18H22N2O3/c1-18(2)22-15-8-7-14(9-16(15)23-18)19-17(21)20-10-12-5-3-4-6-13(12)11-20/h3-4,7-9,12-13H,5-6,10-11H2,1-2H3,(H,19,21). The summed E-state index contributed by atoms with van der Waals surface area (Å²) in [6.07, 6.45) is 6.66. The molecule has 122 valence electrons. The molecule has 1 aromatic carbocycles. The van der Waals surface area contributed by atoms with Gasteiger partial charge in [0.2, 0.25) is 5.79 Å². The molecule has 0 aromatic heterocycles. The number of ether oxygens (including phenoxy) is 2. The number of carbonyl (C=O) groups excluding carboxylic acids is 1. The molecule has 2 unspecified atom stereocenters. The minimum Gasteiger partial charge on any atom is -0.449 e.